The van der Waals surface area contributed by atoms with Gasteiger partial charge >= 0.3 is 102 Å². The molecule has 1 amide bonds. The van der Waals surface area contributed by atoms with Crippen LogP contribution in [-0.4, -0.2) is 71.2 Å². The van der Waals surface area contributed by atoms with E-state index >= 15 is 0 Å². The molecule has 1 atom stereocenters. The van der Waals surface area contributed by atoms with Crippen LogP contribution in [0.1, 0.15) is 39.2 Å². The number of nitrogens with zero attached hydrogens (tertiary/aromatic N) is 3. The van der Waals surface area contributed by atoms with Gasteiger partial charge in [0.25, 0.3) is 0 Å². The first kappa shape index (κ1) is 26.7. The van der Waals surface area contributed by atoms with Gasteiger partial charge in [-0.3, -0.25) is 0 Å². The van der Waals surface area contributed by atoms with E-state index < -0.39 is 48.0 Å². The van der Waals surface area contributed by atoms with Crippen molar-refractivity contribution in [2.24, 2.45) is 0 Å². The van der Waals surface area contributed by atoms with Gasteiger partial charge < -0.3 is 9.64 Å². The maximum absolute atomic E-state index is 13.0. The van der Waals surface area contributed by atoms with E-state index in [0.717, 1.165) is 12.6 Å². The molecule has 1 saturated heterocycles. The number of halogens is 4. The van der Waals surface area contributed by atoms with Crippen LogP contribution in [0.2, 0.25) is 14.8 Å². The molecule has 1 unspecified atom stereocenters. The van der Waals surface area contributed by atoms with Crippen molar-refractivity contribution in [2.75, 3.05) is 25.5 Å². The summed E-state index contributed by atoms with van der Waals surface area (Å²) in [5.74, 6) is 0.245. The summed E-state index contributed by atoms with van der Waals surface area (Å²) in [6, 6.07) is 0. The summed E-state index contributed by atoms with van der Waals surface area (Å²) in [6.07, 6.45) is -3.52. The number of carbonyl (C=O) groups excluding carboxylic acids is 1. The Bertz CT molecular complexity index is 718. The molecule has 0 saturated carbocycles. The molecule has 1 aliphatic rings. The van der Waals surface area contributed by atoms with Crippen LogP contribution in [0, 0.1) is 0 Å². The molecule has 30 heavy (non-hydrogen) atoms. The zero-order chi connectivity index (χ0) is 23.3. The first-order chi connectivity index (χ1) is 13.5. The van der Waals surface area contributed by atoms with Crippen molar-refractivity contribution in [1.82, 2.24) is 14.9 Å². The Morgan fingerprint density at radius 3 is 2.30 bits per heavy atom. The summed E-state index contributed by atoms with van der Waals surface area (Å²) in [5, 5.41) is 2.66. The van der Waals surface area contributed by atoms with E-state index in [9.17, 15) is 22.4 Å². The average Bonchev–Trinajstić information content (AvgIpc) is 2.59. The predicted octanol–water partition coefficient (Wildman–Crippen LogP) is 4.44. The van der Waals surface area contributed by atoms with Gasteiger partial charge in [0.2, 0.25) is 0 Å². The SMILES string of the molecule is CC(C)(C)OC(=O)N1CCCC(F)C1.CNc1ncc(C(F)(F)F)[c]([Sn]([CH3])([CH3])[CH3])n1. The number of amides is 1. The molecule has 1 aliphatic heterocycles. The zero-order valence-corrected chi connectivity index (χ0v) is 21.5. The Labute approximate surface area is 179 Å². The van der Waals surface area contributed by atoms with Gasteiger partial charge in [-0.25, -0.2) is 9.18 Å². The van der Waals surface area contributed by atoms with Crippen molar-refractivity contribution in [3.05, 3.63) is 11.8 Å². The van der Waals surface area contributed by atoms with Crippen molar-refractivity contribution in [3.8, 4) is 0 Å². The van der Waals surface area contributed by atoms with Gasteiger partial charge in [-0.05, 0) is 33.6 Å². The number of aromatic nitrogens is 2. The van der Waals surface area contributed by atoms with Gasteiger partial charge in [-0.2, -0.15) is 0 Å². The van der Waals surface area contributed by atoms with Crippen LogP contribution in [0.25, 0.3) is 0 Å². The minimum absolute atomic E-state index is 0.176. The molecule has 0 radical (unpaired) electrons. The topological polar surface area (TPSA) is 67.3 Å². The van der Waals surface area contributed by atoms with Gasteiger partial charge in [0.1, 0.15) is 11.8 Å². The van der Waals surface area contributed by atoms with Crippen molar-refractivity contribution >= 4 is 34.1 Å². The molecule has 0 spiro atoms. The Hall–Kier alpha value is -1.33. The first-order valence-corrected chi connectivity index (χ1v) is 19.8. The Morgan fingerprint density at radius 1 is 1.27 bits per heavy atom. The number of alkyl halides is 4. The molecule has 0 aliphatic carbocycles. The molecular formula is C19H32F4N4O2Sn. The van der Waals surface area contributed by atoms with Crippen molar-refractivity contribution < 1.29 is 27.1 Å². The van der Waals surface area contributed by atoms with Crippen LogP contribution in [0.15, 0.2) is 6.20 Å². The normalized spacial score (nSPS) is 17.7. The summed E-state index contributed by atoms with van der Waals surface area (Å²) >= 11 is -2.90. The summed E-state index contributed by atoms with van der Waals surface area (Å²) in [6.45, 7) is 6.20. The number of hydrogen-bond donors (Lipinski definition) is 1. The predicted molar refractivity (Wildman–Crippen MR) is 111 cm³/mol. The molecule has 1 aromatic heterocycles. The molecule has 11 heteroatoms. The Kier molecular flexibility index (Phi) is 9.19. The van der Waals surface area contributed by atoms with E-state index in [1.54, 1.807) is 7.05 Å². The van der Waals surface area contributed by atoms with Crippen LogP contribution in [0.5, 0.6) is 0 Å². The number of hydrogen-bond acceptors (Lipinski definition) is 5. The fourth-order valence-electron chi connectivity index (χ4n) is 2.70. The third-order valence-corrected chi connectivity index (χ3v) is 9.19. The maximum atomic E-state index is 13.0. The minimum atomic E-state index is -4.37. The number of anilines is 1. The van der Waals surface area contributed by atoms with Gasteiger partial charge in [-0.1, -0.05) is 0 Å². The molecule has 2 heterocycles. The third kappa shape index (κ3) is 8.81. The quantitative estimate of drug-likeness (QED) is 0.442. The van der Waals surface area contributed by atoms with Crippen LogP contribution in [0.3, 0.4) is 0 Å². The molecule has 1 fully saturated rings. The number of rotatable bonds is 2. The van der Waals surface area contributed by atoms with E-state index in [1.807, 2.05) is 35.6 Å². The second-order valence-electron chi connectivity index (χ2n) is 9.12. The van der Waals surface area contributed by atoms with Gasteiger partial charge in [0.05, 0.1) is 6.54 Å². The van der Waals surface area contributed by atoms with Crippen LogP contribution in [-0.2, 0) is 10.9 Å². The van der Waals surface area contributed by atoms with Crippen LogP contribution < -0.4 is 9.03 Å². The van der Waals surface area contributed by atoms with Crippen molar-refractivity contribution in [3.63, 3.8) is 0 Å². The zero-order valence-electron chi connectivity index (χ0n) is 18.7. The van der Waals surface area contributed by atoms with Gasteiger partial charge in [0, 0.05) is 6.54 Å². The van der Waals surface area contributed by atoms with Gasteiger partial charge in [0.15, 0.2) is 0 Å². The number of ether oxygens (including phenoxy) is 1. The number of nitrogens with one attached hydrogen (secondary N) is 1. The molecule has 0 aromatic carbocycles. The second-order valence-corrected chi connectivity index (χ2v) is 23.3. The van der Waals surface area contributed by atoms with Crippen LogP contribution in [0.4, 0.5) is 28.3 Å². The van der Waals surface area contributed by atoms with Crippen molar-refractivity contribution in [1.29, 1.82) is 0 Å². The van der Waals surface area contributed by atoms with Gasteiger partial charge in [-0.15, -0.1) is 0 Å². The fourth-order valence-corrected chi connectivity index (χ4v) is 6.85. The van der Waals surface area contributed by atoms with Crippen molar-refractivity contribution in [2.45, 2.75) is 66.4 Å². The average molecular weight is 543 g/mol. The standard InChI is InChI=1S/C10H18FNO2.C6H5F3N3.3CH3.Sn/c1-10(2,3)14-9(13)12-6-4-5-8(11)7-12;1-10-5-11-2-4(3-12-5)6(7,8)9;;;;/h8H,4-7H2,1-3H3;2H,1H3,(H,10,11,12);3*1H3;. The van der Waals surface area contributed by atoms with E-state index in [2.05, 4.69) is 15.3 Å². The monoisotopic (exact) mass is 544 g/mol. The van der Waals surface area contributed by atoms with E-state index in [1.165, 1.54) is 4.90 Å². The number of carbonyl (C=O) groups is 1. The van der Waals surface area contributed by atoms with Crippen LogP contribution >= 0.6 is 0 Å². The third-order valence-electron chi connectivity index (χ3n) is 4.04. The number of piperidine rings is 1. The molecular weight excluding hydrogens is 511 g/mol. The van der Waals surface area contributed by atoms with E-state index in [4.69, 9.17) is 4.74 Å². The molecule has 0 bridgehead atoms. The van der Waals surface area contributed by atoms with E-state index in [0.29, 0.717) is 13.0 Å². The number of likely N-dealkylation sites (tertiary alicyclic amines) is 1. The molecule has 1 aromatic rings. The van der Waals surface area contributed by atoms with E-state index in [-0.39, 0.29) is 16.2 Å². The second kappa shape index (κ2) is 10.3. The summed E-state index contributed by atoms with van der Waals surface area (Å²) in [4.78, 5) is 26.2. The summed E-state index contributed by atoms with van der Waals surface area (Å²) in [7, 11) is 1.59. The molecule has 6 nitrogen and oxygen atoms in total. The Morgan fingerprint density at radius 2 is 1.87 bits per heavy atom. The first-order valence-electron chi connectivity index (χ1n) is 9.79. The molecule has 2 rings (SSSR count). The Balaban J connectivity index is 0.000000303. The summed E-state index contributed by atoms with van der Waals surface area (Å²) in [5.41, 5.74) is -1.19. The fraction of sp³-hybridized carbons (Fsp3) is 0.737. The molecule has 1 N–H and O–H groups in total. The molecule has 172 valence electrons. The summed E-state index contributed by atoms with van der Waals surface area (Å²) < 4.78 is 56.6.